The van der Waals surface area contributed by atoms with Gasteiger partial charge in [0, 0.05) is 18.5 Å². The normalized spacial score (nSPS) is 18.1. The maximum Gasteiger partial charge on any atom is 0.204 e. The van der Waals surface area contributed by atoms with Crippen LogP contribution in [-0.4, -0.2) is 35.5 Å². The molecule has 0 aromatic carbocycles. The zero-order chi connectivity index (χ0) is 12.3. The van der Waals surface area contributed by atoms with E-state index in [1.807, 2.05) is 6.92 Å². The molecule has 1 aliphatic heterocycles. The molecule has 0 spiro atoms. The van der Waals surface area contributed by atoms with E-state index < -0.39 is 0 Å². The fourth-order valence-electron chi connectivity index (χ4n) is 2.22. The van der Waals surface area contributed by atoms with Crippen LogP contribution in [0.1, 0.15) is 36.7 Å². The summed E-state index contributed by atoms with van der Waals surface area (Å²) in [6.07, 6.45) is 3.80. The Labute approximate surface area is 122 Å². The van der Waals surface area contributed by atoms with Gasteiger partial charge in [-0.25, -0.2) is 0 Å². The molecule has 6 heteroatoms. The van der Waals surface area contributed by atoms with Crippen LogP contribution < -0.4 is 0 Å². The number of piperidine rings is 1. The highest BCUT2D eigenvalue weighted by Crippen LogP contribution is 2.17. The van der Waals surface area contributed by atoms with Crippen molar-refractivity contribution in [1.82, 2.24) is 10.1 Å². The summed E-state index contributed by atoms with van der Waals surface area (Å²) in [6, 6.07) is 1.63. The number of Topliss-reactive ketones (excluding diaryl/α,β-unsaturated/α-hetero) is 1. The molecule has 1 aliphatic rings. The van der Waals surface area contributed by atoms with Crippen molar-refractivity contribution >= 4 is 34.1 Å². The van der Waals surface area contributed by atoms with Crippen LogP contribution in [0.15, 0.2) is 15.2 Å². The first-order chi connectivity index (χ1) is 8.16. The van der Waals surface area contributed by atoms with Gasteiger partial charge in [0.05, 0.1) is 0 Å². The van der Waals surface area contributed by atoms with E-state index in [1.54, 1.807) is 6.07 Å². The zero-order valence-corrected chi connectivity index (χ0v) is 12.8. The van der Waals surface area contributed by atoms with Crippen LogP contribution in [0.3, 0.4) is 0 Å². The number of likely N-dealkylation sites (tertiary alicyclic amines) is 1. The van der Waals surface area contributed by atoms with Crippen LogP contribution >= 0.6 is 28.3 Å². The van der Waals surface area contributed by atoms with Crippen molar-refractivity contribution in [2.24, 2.45) is 5.92 Å². The summed E-state index contributed by atoms with van der Waals surface area (Å²) in [5, 5.41) is 3.67. The second kappa shape index (κ2) is 7.26. The predicted octanol–water partition coefficient (Wildman–Crippen LogP) is 3.16. The third kappa shape index (κ3) is 4.07. The smallest absolute Gasteiger partial charge is 0.204 e. The SMILES string of the molecule is CC(CN1CCCCC1)C(=O)c1cc(Br)no1.Cl. The summed E-state index contributed by atoms with van der Waals surface area (Å²) in [5.41, 5.74) is 0. The lowest BCUT2D eigenvalue weighted by Crippen LogP contribution is -2.35. The second-order valence-corrected chi connectivity index (χ2v) is 5.45. The first-order valence-electron chi connectivity index (χ1n) is 6.05. The summed E-state index contributed by atoms with van der Waals surface area (Å²) in [6.45, 7) is 4.99. The minimum atomic E-state index is -0.0343. The maximum absolute atomic E-state index is 12.1. The van der Waals surface area contributed by atoms with Crippen molar-refractivity contribution in [2.75, 3.05) is 19.6 Å². The Morgan fingerprint density at radius 1 is 1.50 bits per heavy atom. The lowest BCUT2D eigenvalue weighted by molar-refractivity contribution is 0.0846. The summed E-state index contributed by atoms with van der Waals surface area (Å²) in [5.74, 6) is 0.350. The summed E-state index contributed by atoms with van der Waals surface area (Å²) in [7, 11) is 0. The van der Waals surface area contributed by atoms with Crippen molar-refractivity contribution in [3.63, 3.8) is 0 Å². The second-order valence-electron chi connectivity index (χ2n) is 4.64. The molecule has 4 nitrogen and oxygen atoms in total. The number of carbonyl (C=O) groups is 1. The van der Waals surface area contributed by atoms with Gasteiger partial charge >= 0.3 is 0 Å². The van der Waals surface area contributed by atoms with Gasteiger partial charge in [-0.2, -0.15) is 0 Å². The van der Waals surface area contributed by atoms with E-state index in [0.29, 0.717) is 10.4 Å². The van der Waals surface area contributed by atoms with Gasteiger partial charge in [-0.1, -0.05) is 18.5 Å². The van der Waals surface area contributed by atoms with E-state index in [0.717, 1.165) is 19.6 Å². The van der Waals surface area contributed by atoms with Gasteiger partial charge < -0.3 is 9.42 Å². The molecule has 0 amide bonds. The fraction of sp³-hybridized carbons (Fsp3) is 0.667. The average molecular weight is 338 g/mol. The van der Waals surface area contributed by atoms with Crippen LogP contribution in [0, 0.1) is 5.92 Å². The van der Waals surface area contributed by atoms with Gasteiger partial charge in [0.1, 0.15) is 4.60 Å². The van der Waals surface area contributed by atoms with Gasteiger partial charge in [-0.3, -0.25) is 4.79 Å². The highest BCUT2D eigenvalue weighted by atomic mass is 79.9. The predicted molar refractivity (Wildman–Crippen MR) is 75.2 cm³/mol. The molecule has 1 atom stereocenters. The number of carbonyl (C=O) groups excluding carboxylic acids is 1. The molecular formula is C12H18BrClN2O2. The maximum atomic E-state index is 12.1. The molecule has 1 aromatic rings. The lowest BCUT2D eigenvalue weighted by atomic mass is 10.0. The van der Waals surface area contributed by atoms with Crippen molar-refractivity contribution in [3.05, 3.63) is 16.4 Å². The van der Waals surface area contributed by atoms with Crippen LogP contribution in [0.2, 0.25) is 0 Å². The number of hydrogen-bond acceptors (Lipinski definition) is 4. The summed E-state index contributed by atoms with van der Waals surface area (Å²) >= 11 is 3.18. The Hall–Kier alpha value is -0.390. The minimum absolute atomic E-state index is 0. The van der Waals surface area contributed by atoms with E-state index in [9.17, 15) is 4.79 Å². The number of hydrogen-bond donors (Lipinski definition) is 0. The zero-order valence-electron chi connectivity index (χ0n) is 10.4. The van der Waals surface area contributed by atoms with Gasteiger partial charge in [-0.05, 0) is 41.9 Å². The molecule has 0 N–H and O–H groups in total. The molecular weight excluding hydrogens is 320 g/mol. The van der Waals surface area contributed by atoms with Gasteiger partial charge in [0.15, 0.2) is 0 Å². The third-order valence-corrected chi connectivity index (χ3v) is 3.53. The molecule has 0 bridgehead atoms. The van der Waals surface area contributed by atoms with Crippen molar-refractivity contribution < 1.29 is 9.32 Å². The molecule has 18 heavy (non-hydrogen) atoms. The number of halogens is 2. The van der Waals surface area contributed by atoms with E-state index in [4.69, 9.17) is 4.52 Å². The standard InChI is InChI=1S/C12H17BrN2O2.ClH/c1-9(8-15-5-3-2-4-6-15)12(16)10-7-11(13)14-17-10;/h7,9H,2-6,8H2,1H3;1H. The molecule has 102 valence electrons. The number of nitrogens with zero attached hydrogens (tertiary/aromatic N) is 2. The van der Waals surface area contributed by atoms with E-state index in [1.165, 1.54) is 19.3 Å². The van der Waals surface area contributed by atoms with E-state index in [2.05, 4.69) is 26.0 Å². The molecule has 0 aliphatic carbocycles. The Bertz CT molecular complexity index is 391. The van der Waals surface area contributed by atoms with Gasteiger partial charge in [0.25, 0.3) is 0 Å². The highest BCUT2D eigenvalue weighted by Gasteiger charge is 2.22. The summed E-state index contributed by atoms with van der Waals surface area (Å²) in [4.78, 5) is 14.4. The van der Waals surface area contributed by atoms with Crippen molar-refractivity contribution in [3.8, 4) is 0 Å². The quantitative estimate of drug-likeness (QED) is 0.792. The molecule has 1 aromatic heterocycles. The first-order valence-corrected chi connectivity index (χ1v) is 6.85. The Morgan fingerprint density at radius 3 is 2.72 bits per heavy atom. The Balaban J connectivity index is 0.00000162. The lowest BCUT2D eigenvalue weighted by Gasteiger charge is -2.28. The Morgan fingerprint density at radius 2 is 2.17 bits per heavy atom. The number of ketones is 1. The van der Waals surface area contributed by atoms with Crippen molar-refractivity contribution in [1.29, 1.82) is 0 Å². The average Bonchev–Trinajstić information content (AvgIpc) is 2.76. The minimum Gasteiger partial charge on any atom is -0.352 e. The topological polar surface area (TPSA) is 46.3 Å². The molecule has 2 heterocycles. The van der Waals surface area contributed by atoms with E-state index >= 15 is 0 Å². The van der Waals surface area contributed by atoms with Gasteiger partial charge in [-0.15, -0.1) is 12.4 Å². The molecule has 2 rings (SSSR count). The molecule has 1 fully saturated rings. The molecule has 0 saturated carbocycles. The van der Waals surface area contributed by atoms with Crippen LogP contribution in [0.25, 0.3) is 0 Å². The monoisotopic (exact) mass is 336 g/mol. The number of rotatable bonds is 4. The molecule has 1 saturated heterocycles. The number of aromatic nitrogens is 1. The van der Waals surface area contributed by atoms with Crippen LogP contribution in [0.4, 0.5) is 0 Å². The molecule has 1 unspecified atom stereocenters. The largest absolute Gasteiger partial charge is 0.352 e. The van der Waals surface area contributed by atoms with Crippen LogP contribution in [0.5, 0.6) is 0 Å². The summed E-state index contributed by atoms with van der Waals surface area (Å²) < 4.78 is 5.55. The highest BCUT2D eigenvalue weighted by molar-refractivity contribution is 9.10. The van der Waals surface area contributed by atoms with Crippen LogP contribution in [-0.2, 0) is 0 Å². The van der Waals surface area contributed by atoms with Gasteiger partial charge in [0.2, 0.25) is 11.5 Å². The first kappa shape index (κ1) is 15.7. The third-order valence-electron chi connectivity index (χ3n) is 3.15. The fourth-order valence-corrected chi connectivity index (χ4v) is 2.51. The van der Waals surface area contributed by atoms with E-state index in [-0.39, 0.29) is 24.1 Å². The van der Waals surface area contributed by atoms with Crippen molar-refractivity contribution in [2.45, 2.75) is 26.2 Å². The Kier molecular flexibility index (Phi) is 6.32. The molecule has 0 radical (unpaired) electrons.